The van der Waals surface area contributed by atoms with E-state index in [1.54, 1.807) is 0 Å². The highest BCUT2D eigenvalue weighted by molar-refractivity contribution is 5.50. The first-order valence-corrected chi connectivity index (χ1v) is 13.3. The van der Waals surface area contributed by atoms with Gasteiger partial charge in [0.25, 0.3) is 0 Å². The lowest BCUT2D eigenvalue weighted by Crippen LogP contribution is -2.45. The summed E-state index contributed by atoms with van der Waals surface area (Å²) in [6.07, 6.45) is 3.55. The Morgan fingerprint density at radius 3 is 2.39 bits per heavy atom. The van der Waals surface area contributed by atoms with Crippen molar-refractivity contribution in [3.8, 4) is 17.2 Å². The topological polar surface area (TPSA) is 34.2 Å². The van der Waals surface area contributed by atoms with Crippen LogP contribution in [0.3, 0.4) is 0 Å². The molecule has 1 saturated heterocycles. The zero-order valence-corrected chi connectivity index (χ0v) is 21.6. The maximum Gasteiger partial charge on any atom is 0.231 e. The van der Waals surface area contributed by atoms with E-state index in [-0.39, 0.29) is 0 Å². The quantitative estimate of drug-likeness (QED) is 0.326. The Hall–Kier alpha value is -3.18. The van der Waals surface area contributed by atoms with Gasteiger partial charge in [-0.2, -0.15) is 0 Å². The number of likely N-dealkylation sites (tertiary alicyclic amines) is 1. The lowest BCUT2D eigenvalue weighted by atomic mass is 10.00. The van der Waals surface area contributed by atoms with E-state index in [0.717, 1.165) is 43.4 Å². The lowest BCUT2D eigenvalue weighted by molar-refractivity contribution is 0.173. The second-order valence-electron chi connectivity index (χ2n) is 10.3. The first kappa shape index (κ1) is 24.5. The third-order valence-corrected chi connectivity index (χ3v) is 7.21. The molecule has 5 rings (SSSR count). The molecule has 5 nitrogen and oxygen atoms in total. The van der Waals surface area contributed by atoms with Crippen LogP contribution in [0, 0.1) is 5.92 Å². The Labute approximate surface area is 215 Å². The highest BCUT2D eigenvalue weighted by Crippen LogP contribution is 2.33. The Morgan fingerprint density at radius 2 is 1.64 bits per heavy atom. The van der Waals surface area contributed by atoms with Crippen molar-refractivity contribution in [1.82, 2.24) is 4.90 Å². The van der Waals surface area contributed by atoms with Gasteiger partial charge in [0, 0.05) is 37.9 Å². The number of fused-ring (bicyclic) bond motifs is 1. The molecule has 2 heterocycles. The fraction of sp³-hybridized carbons (Fsp3) is 0.419. The molecule has 0 spiro atoms. The van der Waals surface area contributed by atoms with E-state index in [1.165, 1.54) is 36.1 Å². The van der Waals surface area contributed by atoms with Gasteiger partial charge >= 0.3 is 0 Å². The molecule has 0 unspecified atom stereocenters. The fourth-order valence-electron chi connectivity index (χ4n) is 5.08. The summed E-state index contributed by atoms with van der Waals surface area (Å²) in [7, 11) is 0. The van der Waals surface area contributed by atoms with Gasteiger partial charge in [-0.25, -0.2) is 0 Å². The van der Waals surface area contributed by atoms with E-state index in [0.29, 0.717) is 25.4 Å². The number of rotatable bonds is 10. The molecule has 0 N–H and O–H groups in total. The highest BCUT2D eigenvalue weighted by atomic mass is 16.7. The standard InChI is InChI=1S/C31H38N2O3/c1-24(2)14-19-33(27-9-11-29(12-10-27)34-22-25-6-4-3-5-7-25)28-15-17-32(18-16-28)21-26-8-13-30-31(20-26)36-23-35-30/h3-13,20,24,28H,14-19,21-23H2,1-2H3. The molecule has 0 amide bonds. The molecule has 5 heteroatoms. The average molecular weight is 487 g/mol. The van der Waals surface area contributed by atoms with E-state index in [9.17, 15) is 0 Å². The van der Waals surface area contributed by atoms with Crippen LogP contribution in [0.1, 0.15) is 44.2 Å². The van der Waals surface area contributed by atoms with Crippen LogP contribution in [0.2, 0.25) is 0 Å². The number of ether oxygens (including phenoxy) is 3. The monoisotopic (exact) mass is 486 g/mol. The van der Waals surface area contributed by atoms with Gasteiger partial charge in [-0.1, -0.05) is 50.2 Å². The molecule has 36 heavy (non-hydrogen) atoms. The molecule has 0 atom stereocenters. The van der Waals surface area contributed by atoms with Crippen LogP contribution >= 0.6 is 0 Å². The smallest absolute Gasteiger partial charge is 0.231 e. The number of anilines is 1. The van der Waals surface area contributed by atoms with Crippen molar-refractivity contribution in [3.63, 3.8) is 0 Å². The molecule has 0 saturated carbocycles. The SMILES string of the molecule is CC(C)CCN(c1ccc(OCc2ccccc2)cc1)C1CCN(Cc2ccc3c(c2)OCO3)CC1. The van der Waals surface area contributed by atoms with Crippen LogP contribution in [-0.4, -0.2) is 37.4 Å². The summed E-state index contributed by atoms with van der Waals surface area (Å²) in [5.74, 6) is 3.34. The van der Waals surface area contributed by atoms with Crippen molar-refractivity contribution in [3.05, 3.63) is 83.9 Å². The maximum absolute atomic E-state index is 6.03. The number of piperidine rings is 1. The van der Waals surface area contributed by atoms with Crippen LogP contribution in [0.4, 0.5) is 5.69 Å². The van der Waals surface area contributed by atoms with Gasteiger partial charge < -0.3 is 19.1 Å². The predicted octanol–water partition coefficient (Wildman–Crippen LogP) is 6.51. The van der Waals surface area contributed by atoms with Gasteiger partial charge in [0.1, 0.15) is 12.4 Å². The summed E-state index contributed by atoms with van der Waals surface area (Å²) in [6, 6.07) is 25.9. The summed E-state index contributed by atoms with van der Waals surface area (Å²) in [5, 5.41) is 0. The lowest BCUT2D eigenvalue weighted by Gasteiger charge is -2.40. The molecule has 3 aromatic rings. The molecule has 0 bridgehead atoms. The molecular formula is C31H38N2O3. The second kappa shape index (κ2) is 11.7. The van der Waals surface area contributed by atoms with Gasteiger partial charge in [-0.15, -0.1) is 0 Å². The molecule has 2 aliphatic heterocycles. The van der Waals surface area contributed by atoms with Crippen LogP contribution < -0.4 is 19.1 Å². The highest BCUT2D eigenvalue weighted by Gasteiger charge is 2.25. The number of hydrogen-bond acceptors (Lipinski definition) is 5. The van der Waals surface area contributed by atoms with E-state index in [4.69, 9.17) is 14.2 Å². The molecule has 2 aliphatic rings. The summed E-state index contributed by atoms with van der Waals surface area (Å²) < 4.78 is 17.0. The largest absolute Gasteiger partial charge is 0.489 e. The molecule has 1 fully saturated rings. The maximum atomic E-state index is 6.03. The predicted molar refractivity (Wildman–Crippen MR) is 145 cm³/mol. The van der Waals surface area contributed by atoms with Crippen molar-refractivity contribution in [2.75, 3.05) is 31.3 Å². The van der Waals surface area contributed by atoms with Crippen LogP contribution in [0.5, 0.6) is 17.2 Å². The summed E-state index contributed by atoms with van der Waals surface area (Å²) in [4.78, 5) is 5.20. The summed E-state index contributed by atoms with van der Waals surface area (Å²) in [5.41, 5.74) is 3.78. The Morgan fingerprint density at radius 1 is 0.889 bits per heavy atom. The Kier molecular flexibility index (Phi) is 7.97. The number of nitrogens with zero attached hydrogens (tertiary/aromatic N) is 2. The Balaban J connectivity index is 1.18. The van der Waals surface area contributed by atoms with E-state index >= 15 is 0 Å². The molecule has 3 aromatic carbocycles. The molecule has 190 valence electrons. The van der Waals surface area contributed by atoms with Crippen molar-refractivity contribution >= 4 is 5.69 Å². The third-order valence-electron chi connectivity index (χ3n) is 7.21. The minimum Gasteiger partial charge on any atom is -0.489 e. The normalized spacial score (nSPS) is 15.9. The minimum atomic E-state index is 0.330. The van der Waals surface area contributed by atoms with E-state index in [1.807, 2.05) is 12.1 Å². The number of hydrogen-bond donors (Lipinski definition) is 0. The molecule has 0 aliphatic carbocycles. The van der Waals surface area contributed by atoms with Crippen molar-refractivity contribution < 1.29 is 14.2 Å². The average Bonchev–Trinajstić information content (AvgIpc) is 3.38. The second-order valence-corrected chi connectivity index (χ2v) is 10.3. The van der Waals surface area contributed by atoms with Crippen LogP contribution in [0.15, 0.2) is 72.8 Å². The fourth-order valence-corrected chi connectivity index (χ4v) is 5.08. The van der Waals surface area contributed by atoms with E-state index < -0.39 is 0 Å². The first-order valence-electron chi connectivity index (χ1n) is 13.3. The summed E-state index contributed by atoms with van der Waals surface area (Å²) >= 11 is 0. The molecular weight excluding hydrogens is 448 g/mol. The van der Waals surface area contributed by atoms with Gasteiger partial charge in [0.2, 0.25) is 6.79 Å². The summed E-state index contributed by atoms with van der Waals surface area (Å²) in [6.45, 7) is 9.82. The molecule has 0 aromatic heterocycles. The Bertz CT molecular complexity index is 1090. The first-order chi connectivity index (χ1) is 17.6. The van der Waals surface area contributed by atoms with Crippen molar-refractivity contribution in [2.45, 2.75) is 52.3 Å². The van der Waals surface area contributed by atoms with Crippen LogP contribution in [-0.2, 0) is 13.2 Å². The molecule has 0 radical (unpaired) electrons. The zero-order valence-electron chi connectivity index (χ0n) is 21.6. The van der Waals surface area contributed by atoms with Crippen LogP contribution in [0.25, 0.3) is 0 Å². The van der Waals surface area contributed by atoms with Gasteiger partial charge in [0.15, 0.2) is 11.5 Å². The van der Waals surface area contributed by atoms with Gasteiger partial charge in [-0.05, 0) is 72.7 Å². The minimum absolute atomic E-state index is 0.330. The number of benzene rings is 3. The van der Waals surface area contributed by atoms with Crippen molar-refractivity contribution in [2.24, 2.45) is 5.92 Å². The van der Waals surface area contributed by atoms with Gasteiger partial charge in [0.05, 0.1) is 0 Å². The van der Waals surface area contributed by atoms with E-state index in [2.05, 4.69) is 84.3 Å². The third kappa shape index (κ3) is 6.33. The zero-order chi connectivity index (χ0) is 24.7. The van der Waals surface area contributed by atoms with Crippen molar-refractivity contribution in [1.29, 1.82) is 0 Å². The van der Waals surface area contributed by atoms with Gasteiger partial charge in [-0.3, -0.25) is 4.90 Å².